The fourth-order valence-corrected chi connectivity index (χ4v) is 1.56. The van der Waals surface area contributed by atoms with E-state index in [1.165, 1.54) is 0 Å². The van der Waals surface area contributed by atoms with Crippen LogP contribution in [0.2, 0.25) is 0 Å². The number of carbonyl (C=O) groups is 1. The number of nitrogen functional groups attached to an aromatic ring is 1. The van der Waals surface area contributed by atoms with Crippen LogP contribution < -0.4 is 16.7 Å². The molecule has 17 heavy (non-hydrogen) atoms. The predicted octanol–water partition coefficient (Wildman–Crippen LogP) is -0.122. The lowest BCUT2D eigenvalue weighted by atomic mass is 10.1. The molecule has 1 aromatic carbocycles. The van der Waals surface area contributed by atoms with Gasteiger partial charge in [-0.05, 0) is 6.07 Å². The molecular formula is C10H10N4O3. The Labute approximate surface area is 95.4 Å². The molecule has 2 rings (SSSR count). The second-order valence-corrected chi connectivity index (χ2v) is 3.40. The van der Waals surface area contributed by atoms with Gasteiger partial charge in [0, 0.05) is 5.39 Å². The smallest absolute Gasteiger partial charge is 0.404 e. The van der Waals surface area contributed by atoms with E-state index < -0.39 is 11.7 Å². The van der Waals surface area contributed by atoms with Crippen LogP contribution in [0.1, 0.15) is 5.69 Å². The summed E-state index contributed by atoms with van der Waals surface area (Å²) in [5.41, 5.74) is -0.00947. The molecule has 2 aromatic rings. The highest BCUT2D eigenvalue weighted by Crippen LogP contribution is 2.12. The van der Waals surface area contributed by atoms with Crippen molar-refractivity contribution in [1.82, 2.24) is 15.2 Å². The van der Waals surface area contributed by atoms with E-state index in [-0.39, 0.29) is 6.54 Å². The highest BCUT2D eigenvalue weighted by atomic mass is 16.4. The Morgan fingerprint density at radius 1 is 1.41 bits per heavy atom. The number of hydrogen-bond donors (Lipinski definition) is 3. The Morgan fingerprint density at radius 2 is 2.06 bits per heavy atom. The molecule has 0 unspecified atom stereocenters. The van der Waals surface area contributed by atoms with E-state index in [1.807, 2.05) is 0 Å². The van der Waals surface area contributed by atoms with Crippen molar-refractivity contribution in [3.05, 3.63) is 40.3 Å². The van der Waals surface area contributed by atoms with Gasteiger partial charge in [0.25, 0.3) is 5.56 Å². The molecule has 0 aliphatic heterocycles. The molecule has 7 nitrogen and oxygen atoms in total. The molecule has 0 atom stereocenters. The molecule has 0 fully saturated rings. The Balaban J connectivity index is 2.59. The normalized spacial score (nSPS) is 10.4. The maximum Gasteiger partial charge on any atom is 0.404 e. The summed E-state index contributed by atoms with van der Waals surface area (Å²) < 4.78 is 0. The fraction of sp³-hybridized carbons (Fsp3) is 0.100. The average Bonchev–Trinajstić information content (AvgIpc) is 2.32. The van der Waals surface area contributed by atoms with Crippen molar-refractivity contribution in [2.75, 3.05) is 5.84 Å². The van der Waals surface area contributed by atoms with Crippen molar-refractivity contribution in [2.24, 2.45) is 0 Å². The Morgan fingerprint density at radius 3 is 2.71 bits per heavy atom. The van der Waals surface area contributed by atoms with Crippen molar-refractivity contribution in [2.45, 2.75) is 6.54 Å². The lowest BCUT2D eigenvalue weighted by Gasteiger charge is -2.07. The van der Waals surface area contributed by atoms with Crippen molar-refractivity contribution >= 4 is 16.9 Å². The van der Waals surface area contributed by atoms with Gasteiger partial charge in [0.1, 0.15) is 0 Å². The van der Waals surface area contributed by atoms with Crippen LogP contribution in [0.3, 0.4) is 0 Å². The first-order valence-corrected chi connectivity index (χ1v) is 4.82. The first-order chi connectivity index (χ1) is 8.09. The van der Waals surface area contributed by atoms with Gasteiger partial charge in [-0.15, -0.1) is 4.79 Å². The van der Waals surface area contributed by atoms with Crippen LogP contribution in [-0.4, -0.2) is 21.1 Å². The van der Waals surface area contributed by atoms with Gasteiger partial charge in [-0.25, -0.2) is 4.79 Å². The zero-order chi connectivity index (χ0) is 12.4. The lowest BCUT2D eigenvalue weighted by molar-refractivity contribution is 0.194. The highest BCUT2D eigenvalue weighted by molar-refractivity contribution is 5.83. The molecule has 1 amide bonds. The highest BCUT2D eigenvalue weighted by Gasteiger charge is 2.09. The molecule has 88 valence electrons. The van der Waals surface area contributed by atoms with E-state index in [1.54, 1.807) is 24.3 Å². The summed E-state index contributed by atoms with van der Waals surface area (Å²) in [5.74, 6) is 5.41. The van der Waals surface area contributed by atoms with Crippen LogP contribution in [0.15, 0.2) is 29.1 Å². The van der Waals surface area contributed by atoms with Gasteiger partial charge in [-0.3, -0.25) is 4.79 Å². The zero-order valence-corrected chi connectivity index (χ0v) is 8.75. The van der Waals surface area contributed by atoms with Gasteiger partial charge in [-0.2, -0.15) is 5.10 Å². The summed E-state index contributed by atoms with van der Waals surface area (Å²) in [7, 11) is 0. The minimum Gasteiger partial charge on any atom is -0.465 e. The number of aromatic nitrogens is 2. The molecule has 0 saturated heterocycles. The average molecular weight is 234 g/mol. The van der Waals surface area contributed by atoms with Crippen LogP contribution in [0.5, 0.6) is 0 Å². The number of benzene rings is 1. The van der Waals surface area contributed by atoms with Gasteiger partial charge in [0.15, 0.2) is 0 Å². The van der Waals surface area contributed by atoms with E-state index in [2.05, 4.69) is 10.4 Å². The summed E-state index contributed by atoms with van der Waals surface area (Å²) in [6.07, 6.45) is -1.16. The van der Waals surface area contributed by atoms with E-state index in [0.29, 0.717) is 21.3 Å². The minimum atomic E-state index is -1.16. The monoisotopic (exact) mass is 234 g/mol. The maximum absolute atomic E-state index is 11.7. The van der Waals surface area contributed by atoms with Crippen LogP contribution in [0.4, 0.5) is 4.79 Å². The maximum atomic E-state index is 11.7. The molecule has 0 spiro atoms. The second kappa shape index (κ2) is 4.12. The molecule has 4 N–H and O–H groups in total. The molecular weight excluding hydrogens is 224 g/mol. The Hall–Kier alpha value is -2.57. The van der Waals surface area contributed by atoms with Gasteiger partial charge < -0.3 is 16.3 Å². The molecule has 1 heterocycles. The third-order valence-electron chi connectivity index (χ3n) is 2.31. The Bertz CT molecular complexity index is 635. The number of nitrogens with two attached hydrogens (primary N) is 1. The van der Waals surface area contributed by atoms with Crippen molar-refractivity contribution in [1.29, 1.82) is 0 Å². The van der Waals surface area contributed by atoms with Crippen LogP contribution >= 0.6 is 0 Å². The summed E-state index contributed by atoms with van der Waals surface area (Å²) in [6.45, 7) is -0.00662. The minimum absolute atomic E-state index is 0.00662. The van der Waals surface area contributed by atoms with Crippen molar-refractivity contribution in [3.8, 4) is 0 Å². The molecule has 1 aromatic heterocycles. The third kappa shape index (κ3) is 2.03. The quantitative estimate of drug-likeness (QED) is 0.627. The summed E-state index contributed by atoms with van der Waals surface area (Å²) in [6, 6.07) is 6.77. The van der Waals surface area contributed by atoms with E-state index >= 15 is 0 Å². The van der Waals surface area contributed by atoms with Crippen molar-refractivity contribution < 1.29 is 9.90 Å². The summed E-state index contributed by atoms with van der Waals surface area (Å²) in [5, 5.41) is 15.5. The van der Waals surface area contributed by atoms with E-state index in [4.69, 9.17) is 10.9 Å². The first-order valence-electron chi connectivity index (χ1n) is 4.82. The zero-order valence-electron chi connectivity index (χ0n) is 8.75. The van der Waals surface area contributed by atoms with Crippen LogP contribution in [0, 0.1) is 0 Å². The van der Waals surface area contributed by atoms with Gasteiger partial charge >= 0.3 is 6.09 Å². The SMILES string of the molecule is Nn1nc(CNC(=O)O)c2ccccc2c1=O. The summed E-state index contributed by atoms with van der Waals surface area (Å²) in [4.78, 5) is 22.8. The topological polar surface area (TPSA) is 110 Å². The van der Waals surface area contributed by atoms with Crippen LogP contribution in [-0.2, 0) is 6.54 Å². The van der Waals surface area contributed by atoms with Gasteiger partial charge in [0.05, 0.1) is 17.6 Å². The number of amides is 1. The van der Waals surface area contributed by atoms with Gasteiger partial charge in [-0.1, -0.05) is 18.2 Å². The van der Waals surface area contributed by atoms with Gasteiger partial charge in [0.2, 0.25) is 0 Å². The number of carboxylic acid groups (broad SMARTS) is 1. The standard InChI is InChI=1S/C10H10N4O3/c11-14-9(15)7-4-2-1-3-6(7)8(13-14)5-12-10(16)17/h1-4,12H,5,11H2,(H,16,17). The number of nitrogens with zero attached hydrogens (tertiary/aromatic N) is 2. The third-order valence-corrected chi connectivity index (χ3v) is 2.31. The number of fused-ring (bicyclic) bond motifs is 1. The predicted molar refractivity (Wildman–Crippen MR) is 61.0 cm³/mol. The molecule has 0 saturated carbocycles. The molecule has 7 heteroatoms. The molecule has 0 bridgehead atoms. The molecule has 0 aliphatic carbocycles. The largest absolute Gasteiger partial charge is 0.465 e. The Kier molecular flexibility index (Phi) is 2.65. The lowest BCUT2D eigenvalue weighted by Crippen LogP contribution is -2.32. The number of rotatable bonds is 2. The first kappa shape index (κ1) is 10.9. The van der Waals surface area contributed by atoms with Crippen molar-refractivity contribution in [3.63, 3.8) is 0 Å². The second-order valence-electron chi connectivity index (χ2n) is 3.40. The summed E-state index contributed by atoms with van der Waals surface area (Å²) >= 11 is 0. The number of nitrogens with one attached hydrogen (secondary N) is 1. The van der Waals surface area contributed by atoms with E-state index in [0.717, 1.165) is 0 Å². The molecule has 0 aliphatic rings. The van der Waals surface area contributed by atoms with Crippen LogP contribution in [0.25, 0.3) is 10.8 Å². The fourth-order valence-electron chi connectivity index (χ4n) is 1.56. The number of hydrogen-bond acceptors (Lipinski definition) is 4. The molecule has 0 radical (unpaired) electrons. The van der Waals surface area contributed by atoms with E-state index in [9.17, 15) is 9.59 Å².